The van der Waals surface area contributed by atoms with Gasteiger partial charge in [-0.15, -0.1) is 0 Å². The first kappa shape index (κ1) is 10.0. The molecule has 5 N–H and O–H groups in total. The number of nitrogen functional groups attached to an aromatic ring is 1. The van der Waals surface area contributed by atoms with Gasteiger partial charge in [0.1, 0.15) is 0 Å². The highest BCUT2D eigenvalue weighted by Gasteiger charge is 2.14. The molecule has 0 saturated heterocycles. The Labute approximate surface area is 78.4 Å². The van der Waals surface area contributed by atoms with Crippen molar-refractivity contribution in [2.45, 2.75) is 26.0 Å². The van der Waals surface area contributed by atoms with Crippen LogP contribution in [0.2, 0.25) is 0 Å². The predicted octanol–water partition coefficient (Wildman–Crippen LogP) is 0.958. The van der Waals surface area contributed by atoms with E-state index in [1.807, 2.05) is 25.1 Å². The molecule has 0 radical (unpaired) electrons. The molecule has 1 aromatic rings. The third-order valence-electron chi connectivity index (χ3n) is 2.30. The Morgan fingerprint density at radius 1 is 1.38 bits per heavy atom. The largest absolute Gasteiger partial charge is 0.399 e. The Morgan fingerprint density at radius 3 is 2.54 bits per heavy atom. The van der Waals surface area contributed by atoms with Gasteiger partial charge in [0.2, 0.25) is 0 Å². The molecule has 0 spiro atoms. The van der Waals surface area contributed by atoms with Gasteiger partial charge in [-0.3, -0.25) is 0 Å². The molecule has 0 aliphatic heterocycles. The normalized spacial score (nSPS) is 15.4. The first-order valence-electron chi connectivity index (χ1n) is 4.32. The van der Waals surface area contributed by atoms with E-state index in [1.54, 1.807) is 6.92 Å². The molecule has 0 aromatic heterocycles. The van der Waals surface area contributed by atoms with E-state index in [2.05, 4.69) is 0 Å². The van der Waals surface area contributed by atoms with Crippen LogP contribution in [0.5, 0.6) is 0 Å². The molecule has 0 aliphatic carbocycles. The maximum Gasteiger partial charge on any atom is 0.0704 e. The number of aliphatic hydroxyl groups excluding tert-OH is 1. The van der Waals surface area contributed by atoms with Gasteiger partial charge in [-0.05, 0) is 31.0 Å². The van der Waals surface area contributed by atoms with Crippen molar-refractivity contribution in [3.05, 3.63) is 29.3 Å². The minimum atomic E-state index is -0.555. The second-order valence-corrected chi connectivity index (χ2v) is 3.33. The topological polar surface area (TPSA) is 72.3 Å². The van der Waals surface area contributed by atoms with Gasteiger partial charge in [0.15, 0.2) is 0 Å². The molecule has 13 heavy (non-hydrogen) atoms. The Hall–Kier alpha value is -1.06. The summed E-state index contributed by atoms with van der Waals surface area (Å²) in [6, 6.07) is 5.21. The monoisotopic (exact) mass is 180 g/mol. The quantitative estimate of drug-likeness (QED) is 0.593. The molecular formula is C10H16N2O. The minimum Gasteiger partial charge on any atom is -0.399 e. The molecule has 0 amide bonds. The van der Waals surface area contributed by atoms with E-state index in [4.69, 9.17) is 11.5 Å². The van der Waals surface area contributed by atoms with Crippen molar-refractivity contribution in [1.82, 2.24) is 0 Å². The van der Waals surface area contributed by atoms with Gasteiger partial charge >= 0.3 is 0 Å². The van der Waals surface area contributed by atoms with E-state index in [0.29, 0.717) is 5.69 Å². The maximum absolute atomic E-state index is 9.32. The molecule has 1 aromatic carbocycles. The van der Waals surface area contributed by atoms with Gasteiger partial charge in [0.05, 0.1) is 12.1 Å². The minimum absolute atomic E-state index is 0.358. The number of hydrogen-bond donors (Lipinski definition) is 3. The van der Waals surface area contributed by atoms with Gasteiger partial charge in [-0.1, -0.05) is 12.1 Å². The molecule has 0 bridgehead atoms. The van der Waals surface area contributed by atoms with Crippen LogP contribution in [0.15, 0.2) is 18.2 Å². The van der Waals surface area contributed by atoms with Crippen molar-refractivity contribution in [3.8, 4) is 0 Å². The third-order valence-corrected chi connectivity index (χ3v) is 2.30. The molecule has 3 nitrogen and oxygen atoms in total. The summed E-state index contributed by atoms with van der Waals surface area (Å²) in [5.74, 6) is 0. The lowest BCUT2D eigenvalue weighted by molar-refractivity contribution is 0.164. The standard InChI is InChI=1S/C10H16N2O/c1-6-8(10(12)7(2)13)4-3-5-9(6)11/h3-5,7,10,13H,11-12H2,1-2H3/t7-,10-/m0/s1. The molecule has 3 heteroatoms. The molecule has 72 valence electrons. The molecule has 0 aliphatic rings. The Balaban J connectivity index is 3.07. The molecule has 2 atom stereocenters. The average Bonchev–Trinajstić information content (AvgIpc) is 2.08. The van der Waals surface area contributed by atoms with Crippen molar-refractivity contribution in [3.63, 3.8) is 0 Å². The fourth-order valence-corrected chi connectivity index (χ4v) is 1.29. The van der Waals surface area contributed by atoms with E-state index in [9.17, 15) is 5.11 Å². The highest BCUT2D eigenvalue weighted by Crippen LogP contribution is 2.22. The molecule has 0 heterocycles. The van der Waals surface area contributed by atoms with Crippen molar-refractivity contribution >= 4 is 5.69 Å². The lowest BCUT2D eigenvalue weighted by atomic mass is 9.97. The Morgan fingerprint density at radius 2 is 2.00 bits per heavy atom. The van der Waals surface area contributed by atoms with Crippen LogP contribution in [0.25, 0.3) is 0 Å². The summed E-state index contributed by atoms with van der Waals surface area (Å²) in [6.07, 6.45) is -0.555. The van der Waals surface area contributed by atoms with Crippen molar-refractivity contribution in [2.75, 3.05) is 5.73 Å². The second-order valence-electron chi connectivity index (χ2n) is 3.33. The van der Waals surface area contributed by atoms with Gasteiger partial charge < -0.3 is 16.6 Å². The summed E-state index contributed by atoms with van der Waals surface area (Å²) < 4.78 is 0. The summed E-state index contributed by atoms with van der Waals surface area (Å²) in [5, 5.41) is 9.32. The van der Waals surface area contributed by atoms with Crippen LogP contribution in [0.3, 0.4) is 0 Å². The zero-order valence-electron chi connectivity index (χ0n) is 7.99. The zero-order valence-corrected chi connectivity index (χ0v) is 7.99. The van der Waals surface area contributed by atoms with Crippen molar-refractivity contribution in [1.29, 1.82) is 0 Å². The second kappa shape index (κ2) is 3.77. The first-order chi connectivity index (χ1) is 6.04. The number of hydrogen-bond acceptors (Lipinski definition) is 3. The highest BCUT2D eigenvalue weighted by atomic mass is 16.3. The molecular weight excluding hydrogens is 164 g/mol. The number of rotatable bonds is 2. The van der Waals surface area contributed by atoms with Crippen LogP contribution in [-0.2, 0) is 0 Å². The number of aliphatic hydroxyl groups is 1. The van der Waals surface area contributed by atoms with E-state index < -0.39 is 6.10 Å². The van der Waals surface area contributed by atoms with E-state index in [0.717, 1.165) is 11.1 Å². The molecule has 0 saturated carbocycles. The van der Waals surface area contributed by atoms with Crippen LogP contribution in [-0.4, -0.2) is 11.2 Å². The number of nitrogens with two attached hydrogens (primary N) is 2. The number of benzene rings is 1. The Kier molecular flexibility index (Phi) is 2.90. The molecule has 1 rings (SSSR count). The zero-order chi connectivity index (χ0) is 10.0. The SMILES string of the molecule is Cc1c(N)cccc1[C@@H](N)[C@H](C)O. The van der Waals surface area contributed by atoms with Gasteiger partial charge in [0.25, 0.3) is 0 Å². The molecule has 0 unspecified atom stereocenters. The lowest BCUT2D eigenvalue weighted by Gasteiger charge is -2.18. The number of anilines is 1. The van der Waals surface area contributed by atoms with Crippen LogP contribution in [0.4, 0.5) is 5.69 Å². The first-order valence-corrected chi connectivity index (χ1v) is 4.32. The summed E-state index contributed by atoms with van der Waals surface area (Å²) in [6.45, 7) is 3.58. The highest BCUT2D eigenvalue weighted by molar-refractivity contribution is 5.51. The van der Waals surface area contributed by atoms with Crippen molar-refractivity contribution in [2.24, 2.45) is 5.73 Å². The lowest BCUT2D eigenvalue weighted by Crippen LogP contribution is -2.24. The fourth-order valence-electron chi connectivity index (χ4n) is 1.29. The fraction of sp³-hybridized carbons (Fsp3) is 0.400. The maximum atomic E-state index is 9.32. The predicted molar refractivity (Wildman–Crippen MR) is 54.2 cm³/mol. The van der Waals surface area contributed by atoms with E-state index >= 15 is 0 Å². The van der Waals surface area contributed by atoms with Crippen LogP contribution in [0, 0.1) is 6.92 Å². The van der Waals surface area contributed by atoms with Crippen LogP contribution >= 0.6 is 0 Å². The van der Waals surface area contributed by atoms with Crippen molar-refractivity contribution < 1.29 is 5.11 Å². The summed E-state index contributed by atoms with van der Waals surface area (Å²) >= 11 is 0. The summed E-state index contributed by atoms with van der Waals surface area (Å²) in [7, 11) is 0. The van der Waals surface area contributed by atoms with E-state index in [-0.39, 0.29) is 6.04 Å². The van der Waals surface area contributed by atoms with Crippen LogP contribution < -0.4 is 11.5 Å². The van der Waals surface area contributed by atoms with Gasteiger partial charge in [-0.25, -0.2) is 0 Å². The smallest absolute Gasteiger partial charge is 0.0704 e. The van der Waals surface area contributed by atoms with E-state index in [1.165, 1.54) is 0 Å². The molecule has 0 fully saturated rings. The third kappa shape index (κ3) is 1.99. The van der Waals surface area contributed by atoms with Crippen LogP contribution in [0.1, 0.15) is 24.1 Å². The average molecular weight is 180 g/mol. The van der Waals surface area contributed by atoms with Gasteiger partial charge in [-0.2, -0.15) is 0 Å². The summed E-state index contributed by atoms with van der Waals surface area (Å²) in [4.78, 5) is 0. The Bertz CT molecular complexity index is 297. The van der Waals surface area contributed by atoms with Gasteiger partial charge in [0, 0.05) is 5.69 Å². The summed E-state index contributed by atoms with van der Waals surface area (Å²) in [5.41, 5.74) is 14.1.